The largest absolute Gasteiger partial charge is 0.361 e. The maximum atomic E-state index is 13.2. The molecule has 156 valence electrons. The first-order chi connectivity index (χ1) is 15.0. The number of H-pyrrole nitrogens is 1. The predicted molar refractivity (Wildman–Crippen MR) is 120 cm³/mol. The Kier molecular flexibility index (Phi) is 6.00. The molecule has 0 aliphatic heterocycles. The molecule has 3 N–H and O–H groups in total. The number of halogens is 2. The highest BCUT2D eigenvalue weighted by Gasteiger charge is 2.24. The molecular weight excluding hydrogens is 417 g/mol. The monoisotopic (exact) mass is 435 g/mol. The van der Waals surface area contributed by atoms with Crippen LogP contribution in [-0.2, 0) is 11.2 Å². The zero-order chi connectivity index (χ0) is 21.8. The highest BCUT2D eigenvalue weighted by Crippen LogP contribution is 2.21. The Morgan fingerprint density at radius 2 is 1.68 bits per heavy atom. The second-order valence-electron chi connectivity index (χ2n) is 7.07. The number of fused-ring (bicyclic) bond motifs is 1. The number of hydrogen-bond donors (Lipinski definition) is 3. The van der Waals surface area contributed by atoms with E-state index < -0.39 is 23.7 Å². The smallest absolute Gasteiger partial charge is 0.253 e. The van der Waals surface area contributed by atoms with Gasteiger partial charge in [0.25, 0.3) is 5.91 Å². The van der Waals surface area contributed by atoms with Gasteiger partial charge in [0.15, 0.2) is 0 Å². The molecule has 4 aromatic rings. The summed E-state index contributed by atoms with van der Waals surface area (Å²) in [7, 11) is 0. The van der Waals surface area contributed by atoms with Gasteiger partial charge in [0, 0.05) is 29.2 Å². The molecule has 0 fully saturated rings. The molecule has 1 heterocycles. The second-order valence-corrected chi connectivity index (χ2v) is 7.47. The van der Waals surface area contributed by atoms with E-state index in [-0.39, 0.29) is 12.0 Å². The molecule has 5 nitrogen and oxygen atoms in total. The van der Waals surface area contributed by atoms with Gasteiger partial charge in [-0.2, -0.15) is 0 Å². The van der Waals surface area contributed by atoms with Crippen molar-refractivity contribution in [1.29, 1.82) is 0 Å². The molecule has 1 atom stereocenters. The van der Waals surface area contributed by atoms with E-state index in [9.17, 15) is 14.0 Å². The molecule has 0 saturated heterocycles. The molecule has 0 spiro atoms. The molecule has 3 aromatic carbocycles. The lowest BCUT2D eigenvalue weighted by Crippen LogP contribution is -2.45. The predicted octanol–water partition coefficient (Wildman–Crippen LogP) is 4.94. The summed E-state index contributed by atoms with van der Waals surface area (Å²) in [6.45, 7) is 0. The number of rotatable bonds is 6. The van der Waals surface area contributed by atoms with Gasteiger partial charge in [-0.15, -0.1) is 0 Å². The van der Waals surface area contributed by atoms with E-state index in [2.05, 4.69) is 15.6 Å². The Bertz CT molecular complexity index is 1240. The number of aromatic nitrogens is 1. The third-order valence-corrected chi connectivity index (χ3v) is 5.28. The van der Waals surface area contributed by atoms with Crippen LogP contribution in [0.2, 0.25) is 5.02 Å². The van der Waals surface area contributed by atoms with Crippen LogP contribution in [0.3, 0.4) is 0 Å². The molecule has 7 heteroatoms. The molecular formula is C24H19ClFN3O2. The maximum absolute atomic E-state index is 13.2. The van der Waals surface area contributed by atoms with Gasteiger partial charge in [-0.3, -0.25) is 9.59 Å². The lowest BCUT2D eigenvalue weighted by molar-refractivity contribution is -0.118. The van der Waals surface area contributed by atoms with Gasteiger partial charge in [-0.05, 0) is 48.0 Å². The van der Waals surface area contributed by atoms with Crippen molar-refractivity contribution in [3.8, 4) is 0 Å². The summed E-state index contributed by atoms with van der Waals surface area (Å²) in [4.78, 5) is 29.1. The number of aromatic amines is 1. The highest BCUT2D eigenvalue weighted by atomic mass is 35.5. The third-order valence-electron chi connectivity index (χ3n) is 4.95. The van der Waals surface area contributed by atoms with Crippen molar-refractivity contribution in [3.63, 3.8) is 0 Å². The van der Waals surface area contributed by atoms with Gasteiger partial charge >= 0.3 is 0 Å². The molecule has 0 aliphatic carbocycles. The molecule has 0 unspecified atom stereocenters. The fraction of sp³-hybridized carbons (Fsp3) is 0.0833. The van der Waals surface area contributed by atoms with E-state index in [1.165, 1.54) is 24.3 Å². The fourth-order valence-electron chi connectivity index (χ4n) is 3.37. The molecule has 0 saturated carbocycles. The van der Waals surface area contributed by atoms with E-state index in [1.54, 1.807) is 24.3 Å². The van der Waals surface area contributed by atoms with Crippen molar-refractivity contribution >= 4 is 40.0 Å². The van der Waals surface area contributed by atoms with Crippen LogP contribution in [0.15, 0.2) is 79.0 Å². The SMILES string of the molecule is O=C(N[C@@H](Cc1c[nH]c2ccccc12)C(=O)Nc1ccc(F)cc1)c1ccccc1Cl. The van der Waals surface area contributed by atoms with Crippen LogP contribution in [0.5, 0.6) is 0 Å². The number of amides is 2. The van der Waals surface area contributed by atoms with E-state index in [0.717, 1.165) is 16.5 Å². The standard InChI is InChI=1S/C24H19ClFN3O2/c25-20-7-3-1-6-19(20)23(30)29-22(24(31)28-17-11-9-16(26)10-12-17)13-15-14-27-21-8-4-2-5-18(15)21/h1-12,14,22,27H,13H2,(H,28,31)(H,29,30)/t22-/m0/s1. The third kappa shape index (κ3) is 4.75. The number of nitrogens with one attached hydrogen (secondary N) is 3. The Morgan fingerprint density at radius 3 is 2.45 bits per heavy atom. The van der Waals surface area contributed by atoms with Crippen LogP contribution >= 0.6 is 11.6 Å². The van der Waals surface area contributed by atoms with Crippen molar-refractivity contribution < 1.29 is 14.0 Å². The number of benzene rings is 3. The van der Waals surface area contributed by atoms with Crippen molar-refractivity contribution in [2.24, 2.45) is 0 Å². The molecule has 31 heavy (non-hydrogen) atoms. The Morgan fingerprint density at radius 1 is 0.968 bits per heavy atom. The first-order valence-electron chi connectivity index (χ1n) is 9.68. The Balaban J connectivity index is 1.60. The number of anilines is 1. The van der Waals surface area contributed by atoms with Crippen LogP contribution in [0.1, 0.15) is 15.9 Å². The van der Waals surface area contributed by atoms with Gasteiger partial charge in [-0.25, -0.2) is 4.39 Å². The summed E-state index contributed by atoms with van der Waals surface area (Å²) in [6, 6.07) is 18.9. The van der Waals surface area contributed by atoms with E-state index in [0.29, 0.717) is 10.7 Å². The van der Waals surface area contributed by atoms with Gasteiger partial charge in [0.1, 0.15) is 11.9 Å². The van der Waals surface area contributed by atoms with Crippen LogP contribution in [-0.4, -0.2) is 22.8 Å². The van der Waals surface area contributed by atoms with Crippen molar-refractivity contribution in [3.05, 3.63) is 101 Å². The zero-order valence-corrected chi connectivity index (χ0v) is 17.1. The minimum atomic E-state index is -0.881. The van der Waals surface area contributed by atoms with Crippen molar-refractivity contribution in [1.82, 2.24) is 10.3 Å². The van der Waals surface area contributed by atoms with Crippen LogP contribution in [0, 0.1) is 5.82 Å². The van der Waals surface area contributed by atoms with E-state index >= 15 is 0 Å². The Labute approximate surface area is 183 Å². The molecule has 0 aliphatic rings. The number of carbonyl (C=O) groups excluding carboxylic acids is 2. The van der Waals surface area contributed by atoms with E-state index in [1.807, 2.05) is 30.5 Å². The lowest BCUT2D eigenvalue weighted by Gasteiger charge is -2.19. The van der Waals surface area contributed by atoms with Gasteiger partial charge in [-0.1, -0.05) is 41.9 Å². The second kappa shape index (κ2) is 9.02. The average molecular weight is 436 g/mol. The lowest BCUT2D eigenvalue weighted by atomic mass is 10.0. The number of hydrogen-bond acceptors (Lipinski definition) is 2. The van der Waals surface area contributed by atoms with Crippen molar-refractivity contribution in [2.45, 2.75) is 12.5 Å². The molecule has 0 radical (unpaired) electrons. The topological polar surface area (TPSA) is 74.0 Å². The van der Waals surface area contributed by atoms with Crippen LogP contribution < -0.4 is 10.6 Å². The van der Waals surface area contributed by atoms with Gasteiger partial charge in [0.2, 0.25) is 5.91 Å². The average Bonchev–Trinajstić information content (AvgIpc) is 3.18. The summed E-state index contributed by atoms with van der Waals surface area (Å²) in [5.74, 6) is -1.28. The van der Waals surface area contributed by atoms with E-state index in [4.69, 9.17) is 11.6 Å². The van der Waals surface area contributed by atoms with Crippen LogP contribution in [0.25, 0.3) is 10.9 Å². The summed E-state index contributed by atoms with van der Waals surface area (Å²) < 4.78 is 13.2. The highest BCUT2D eigenvalue weighted by molar-refractivity contribution is 6.33. The Hall–Kier alpha value is -3.64. The molecule has 2 amide bonds. The minimum Gasteiger partial charge on any atom is -0.361 e. The summed E-state index contributed by atoms with van der Waals surface area (Å²) >= 11 is 6.15. The van der Waals surface area contributed by atoms with Gasteiger partial charge < -0.3 is 15.6 Å². The molecule has 4 rings (SSSR count). The number of para-hydroxylation sites is 1. The first kappa shape index (κ1) is 20.6. The maximum Gasteiger partial charge on any atom is 0.253 e. The zero-order valence-electron chi connectivity index (χ0n) is 16.4. The van der Waals surface area contributed by atoms with Crippen LogP contribution in [0.4, 0.5) is 10.1 Å². The summed E-state index contributed by atoms with van der Waals surface area (Å²) in [5.41, 5.74) is 2.53. The minimum absolute atomic E-state index is 0.257. The summed E-state index contributed by atoms with van der Waals surface area (Å²) in [5, 5.41) is 6.79. The number of carbonyl (C=O) groups is 2. The quantitative estimate of drug-likeness (QED) is 0.401. The van der Waals surface area contributed by atoms with Gasteiger partial charge in [0.05, 0.1) is 10.6 Å². The van der Waals surface area contributed by atoms with Crippen molar-refractivity contribution in [2.75, 3.05) is 5.32 Å². The summed E-state index contributed by atoms with van der Waals surface area (Å²) in [6.07, 6.45) is 2.08. The molecule has 0 bridgehead atoms. The fourth-order valence-corrected chi connectivity index (χ4v) is 3.60. The normalized spacial score (nSPS) is 11.8. The first-order valence-corrected chi connectivity index (χ1v) is 10.1. The molecule has 1 aromatic heterocycles.